The number of aryl methyl sites for hydroxylation is 1. The van der Waals surface area contributed by atoms with Gasteiger partial charge in [0.25, 0.3) is 8.32 Å². The summed E-state index contributed by atoms with van der Waals surface area (Å²) >= 11 is 0. The van der Waals surface area contributed by atoms with E-state index < -0.39 is 8.32 Å². The number of hydrogen-bond donors (Lipinski definition) is 0. The summed E-state index contributed by atoms with van der Waals surface area (Å²) < 4.78 is 10.9. The smallest absolute Gasteiger partial charge is 0.337 e. The van der Waals surface area contributed by atoms with Gasteiger partial charge in [0.2, 0.25) is 0 Å². The van der Waals surface area contributed by atoms with E-state index in [2.05, 4.69) is 53.6 Å². The van der Waals surface area contributed by atoms with Gasteiger partial charge in [-0.25, -0.2) is 4.79 Å². The SMILES string of the molecule is COC(=O)c1ccc(CCC#CO[Si](C(C)C)(C(C)C)C(C)C)cc1. The third kappa shape index (κ3) is 5.37. The minimum absolute atomic E-state index is 0.308. The van der Waals surface area contributed by atoms with E-state index in [1.165, 1.54) is 7.11 Å². The quantitative estimate of drug-likeness (QED) is 0.363. The molecule has 0 radical (unpaired) electrons. The molecule has 0 aliphatic heterocycles. The summed E-state index contributed by atoms with van der Waals surface area (Å²) in [5.74, 6) is 2.86. The molecule has 0 N–H and O–H groups in total. The van der Waals surface area contributed by atoms with Crippen molar-refractivity contribution in [2.24, 2.45) is 0 Å². The second kappa shape index (κ2) is 9.67. The van der Waals surface area contributed by atoms with Crippen LogP contribution in [0.3, 0.4) is 0 Å². The molecule has 138 valence electrons. The van der Waals surface area contributed by atoms with Gasteiger partial charge >= 0.3 is 5.97 Å². The fourth-order valence-corrected chi connectivity index (χ4v) is 8.62. The molecule has 0 unspecified atom stereocenters. The predicted octanol–water partition coefficient (Wildman–Crippen LogP) is 5.56. The molecule has 1 rings (SSSR count). The van der Waals surface area contributed by atoms with E-state index in [0.29, 0.717) is 22.2 Å². The fraction of sp³-hybridized carbons (Fsp3) is 0.571. The Morgan fingerprint density at radius 2 is 1.52 bits per heavy atom. The zero-order valence-corrected chi connectivity index (χ0v) is 17.7. The summed E-state index contributed by atoms with van der Waals surface area (Å²) in [6.07, 6.45) is 4.61. The molecule has 1 aromatic rings. The van der Waals surface area contributed by atoms with Crippen molar-refractivity contribution in [2.45, 2.75) is 71.0 Å². The highest BCUT2D eigenvalue weighted by molar-refractivity contribution is 6.77. The van der Waals surface area contributed by atoms with Crippen LogP contribution in [0.2, 0.25) is 16.6 Å². The van der Waals surface area contributed by atoms with Gasteiger partial charge in [-0.1, -0.05) is 59.6 Å². The molecule has 0 saturated carbocycles. The van der Waals surface area contributed by atoms with Crippen LogP contribution in [0.4, 0.5) is 0 Å². The maximum absolute atomic E-state index is 11.4. The van der Waals surface area contributed by atoms with Gasteiger partial charge in [-0.15, -0.1) is 0 Å². The van der Waals surface area contributed by atoms with Crippen LogP contribution in [0, 0.1) is 12.0 Å². The van der Waals surface area contributed by atoms with Gasteiger partial charge in [0.15, 0.2) is 0 Å². The Morgan fingerprint density at radius 3 is 1.96 bits per heavy atom. The van der Waals surface area contributed by atoms with E-state index in [-0.39, 0.29) is 5.97 Å². The highest BCUT2D eigenvalue weighted by atomic mass is 28.4. The first kappa shape index (κ1) is 21.3. The lowest BCUT2D eigenvalue weighted by Gasteiger charge is -2.39. The lowest BCUT2D eigenvalue weighted by atomic mass is 10.1. The van der Waals surface area contributed by atoms with Crippen molar-refractivity contribution in [2.75, 3.05) is 7.11 Å². The Bertz CT molecular complexity index is 584. The number of carbonyl (C=O) groups is 1. The van der Waals surface area contributed by atoms with Crippen LogP contribution in [0.15, 0.2) is 24.3 Å². The van der Waals surface area contributed by atoms with Gasteiger partial charge in [-0.05, 0) is 40.7 Å². The highest BCUT2D eigenvalue weighted by Crippen LogP contribution is 2.41. The van der Waals surface area contributed by atoms with E-state index in [1.54, 1.807) is 12.1 Å². The van der Waals surface area contributed by atoms with Gasteiger partial charge in [0.05, 0.1) is 18.8 Å². The zero-order valence-electron chi connectivity index (χ0n) is 16.7. The number of ether oxygens (including phenoxy) is 1. The first-order chi connectivity index (χ1) is 11.8. The van der Waals surface area contributed by atoms with Crippen molar-refractivity contribution in [1.29, 1.82) is 0 Å². The van der Waals surface area contributed by atoms with Gasteiger partial charge in [-0.3, -0.25) is 0 Å². The predicted molar refractivity (Wildman–Crippen MR) is 106 cm³/mol. The molecule has 4 heteroatoms. The number of esters is 1. The fourth-order valence-electron chi connectivity index (χ4n) is 3.66. The summed E-state index contributed by atoms with van der Waals surface area (Å²) in [5, 5.41) is 0. The van der Waals surface area contributed by atoms with Crippen LogP contribution >= 0.6 is 0 Å². The van der Waals surface area contributed by atoms with Crippen LogP contribution in [-0.4, -0.2) is 21.4 Å². The second-order valence-electron chi connectivity index (χ2n) is 7.39. The lowest BCUT2D eigenvalue weighted by molar-refractivity contribution is 0.0600. The molecule has 3 nitrogen and oxygen atoms in total. The average molecular weight is 361 g/mol. The lowest BCUT2D eigenvalue weighted by Crippen LogP contribution is -2.46. The van der Waals surface area contributed by atoms with Crippen LogP contribution in [-0.2, 0) is 15.6 Å². The maximum Gasteiger partial charge on any atom is 0.337 e. The normalized spacial score (nSPS) is 11.4. The molecule has 0 aliphatic carbocycles. The van der Waals surface area contributed by atoms with Crippen molar-refractivity contribution < 1.29 is 14.0 Å². The van der Waals surface area contributed by atoms with Crippen molar-refractivity contribution in [3.63, 3.8) is 0 Å². The van der Waals surface area contributed by atoms with Crippen LogP contribution in [0.5, 0.6) is 0 Å². The number of carbonyl (C=O) groups excluding carboxylic acids is 1. The Kier molecular flexibility index (Phi) is 8.25. The molecule has 1 aromatic carbocycles. The third-order valence-corrected chi connectivity index (χ3v) is 10.8. The maximum atomic E-state index is 11.4. The van der Waals surface area contributed by atoms with Crippen LogP contribution in [0.1, 0.15) is 63.9 Å². The average Bonchev–Trinajstić information content (AvgIpc) is 2.56. The summed E-state index contributed by atoms with van der Waals surface area (Å²) in [4.78, 5) is 11.4. The first-order valence-electron chi connectivity index (χ1n) is 9.08. The number of methoxy groups -OCH3 is 1. The minimum atomic E-state index is -1.91. The second-order valence-corrected chi connectivity index (χ2v) is 12.8. The molecule has 0 heterocycles. The van der Waals surface area contributed by atoms with Crippen molar-refractivity contribution >= 4 is 14.3 Å². The van der Waals surface area contributed by atoms with Crippen molar-refractivity contribution in [3.8, 4) is 12.0 Å². The molecule has 0 fully saturated rings. The Labute approximate surface area is 154 Å². The van der Waals surface area contributed by atoms with Gasteiger partial charge in [0, 0.05) is 6.42 Å². The summed E-state index contributed by atoms with van der Waals surface area (Å²) in [6, 6.07) is 7.48. The number of hydrogen-bond acceptors (Lipinski definition) is 3. The summed E-state index contributed by atoms with van der Waals surface area (Å²) in [6.45, 7) is 13.6. The van der Waals surface area contributed by atoms with Crippen LogP contribution < -0.4 is 0 Å². The van der Waals surface area contributed by atoms with E-state index >= 15 is 0 Å². The molecule has 0 atom stereocenters. The molecule has 0 spiro atoms. The van der Waals surface area contributed by atoms with Crippen molar-refractivity contribution in [1.82, 2.24) is 0 Å². The van der Waals surface area contributed by atoms with Gasteiger partial charge in [0.1, 0.15) is 0 Å². The number of rotatable bonds is 7. The van der Waals surface area contributed by atoms with Gasteiger partial charge < -0.3 is 9.16 Å². The van der Waals surface area contributed by atoms with E-state index in [1.807, 2.05) is 12.1 Å². The number of benzene rings is 1. The topological polar surface area (TPSA) is 35.5 Å². The minimum Gasteiger partial charge on any atom is -0.500 e. The first-order valence-corrected chi connectivity index (χ1v) is 11.2. The molecule has 0 saturated heterocycles. The van der Waals surface area contributed by atoms with Crippen molar-refractivity contribution in [3.05, 3.63) is 35.4 Å². The molecular weight excluding hydrogens is 328 g/mol. The summed E-state index contributed by atoms with van der Waals surface area (Å²) in [5.41, 5.74) is 3.33. The molecule has 0 aromatic heterocycles. The van der Waals surface area contributed by atoms with E-state index in [9.17, 15) is 4.79 Å². The molecular formula is C21H32O3Si. The molecule has 0 amide bonds. The standard InChI is InChI=1S/C21H32O3Si/c1-16(2)25(17(3)4,18(5)6)24-15-9-8-10-19-11-13-20(14-12-19)21(22)23-7/h11-14,16-18H,8,10H2,1-7H3. The Balaban J connectivity index is 2.66. The molecule has 25 heavy (non-hydrogen) atoms. The molecule has 0 aliphatic rings. The monoisotopic (exact) mass is 360 g/mol. The summed E-state index contributed by atoms with van der Waals surface area (Å²) in [7, 11) is -0.517. The van der Waals surface area contributed by atoms with E-state index in [4.69, 9.17) is 9.16 Å². The van der Waals surface area contributed by atoms with Gasteiger partial charge in [-0.2, -0.15) is 0 Å². The zero-order chi connectivity index (χ0) is 19.0. The van der Waals surface area contributed by atoms with E-state index in [0.717, 1.165) is 18.4 Å². The Hall–Kier alpha value is -1.73. The van der Waals surface area contributed by atoms with Crippen LogP contribution in [0.25, 0.3) is 0 Å². The highest BCUT2D eigenvalue weighted by Gasteiger charge is 2.46. The molecule has 0 bridgehead atoms. The largest absolute Gasteiger partial charge is 0.500 e. The Morgan fingerprint density at radius 1 is 1.00 bits per heavy atom. The third-order valence-electron chi connectivity index (χ3n) is 4.92.